The Bertz CT molecular complexity index is 185. The third-order valence-electron chi connectivity index (χ3n) is 1.70. The number of halogens is 2. The van der Waals surface area contributed by atoms with Crippen LogP contribution in [0.1, 0.15) is 40.5 Å². The second-order valence-electron chi connectivity index (χ2n) is 4.27. The summed E-state index contributed by atoms with van der Waals surface area (Å²) in [4.78, 5) is 11.4. The van der Waals surface area contributed by atoms with Crippen LogP contribution in [0.15, 0.2) is 0 Å². The molecule has 0 N–H and O–H groups in total. The quantitative estimate of drug-likeness (QED) is 0.664. The molecule has 14 heavy (non-hydrogen) atoms. The molecule has 0 bridgehead atoms. The first-order chi connectivity index (χ1) is 6.26. The summed E-state index contributed by atoms with van der Waals surface area (Å²) in [5.74, 6) is -1.21. The van der Waals surface area contributed by atoms with E-state index >= 15 is 0 Å². The molecule has 0 aliphatic rings. The average Bonchev–Trinajstić information content (AvgIpc) is 1.96. The Balaban J connectivity index is 4.18. The van der Waals surface area contributed by atoms with Crippen LogP contribution in [-0.2, 0) is 9.53 Å². The maximum absolute atomic E-state index is 12.1. The van der Waals surface area contributed by atoms with Gasteiger partial charge in [0.1, 0.15) is 5.60 Å². The largest absolute Gasteiger partial charge is 0.460 e. The number of rotatable bonds is 4. The van der Waals surface area contributed by atoms with Crippen LogP contribution in [0.2, 0.25) is 0 Å². The number of esters is 1. The number of carbonyl (C=O) groups is 1. The Kier molecular flexibility index (Phi) is 5.02. The van der Waals surface area contributed by atoms with Gasteiger partial charge >= 0.3 is 5.97 Å². The summed E-state index contributed by atoms with van der Waals surface area (Å²) in [5.41, 5.74) is -0.605. The molecule has 2 nitrogen and oxygen atoms in total. The van der Waals surface area contributed by atoms with Gasteiger partial charge in [-0.2, -0.15) is 0 Å². The van der Waals surface area contributed by atoms with Gasteiger partial charge in [-0.25, -0.2) is 8.78 Å². The van der Waals surface area contributed by atoms with Crippen molar-refractivity contribution in [3.05, 3.63) is 0 Å². The van der Waals surface area contributed by atoms with Gasteiger partial charge in [-0.1, -0.05) is 6.92 Å². The van der Waals surface area contributed by atoms with E-state index in [0.29, 0.717) is 6.42 Å². The maximum Gasteiger partial charge on any atom is 0.309 e. The van der Waals surface area contributed by atoms with Crippen molar-refractivity contribution in [1.29, 1.82) is 0 Å². The lowest BCUT2D eigenvalue weighted by molar-refractivity contribution is -0.161. The van der Waals surface area contributed by atoms with E-state index in [-0.39, 0.29) is 0 Å². The molecule has 0 aromatic heterocycles. The molecule has 84 valence electrons. The van der Waals surface area contributed by atoms with Crippen molar-refractivity contribution in [3.8, 4) is 0 Å². The second kappa shape index (κ2) is 5.27. The molecule has 0 radical (unpaired) electrons. The van der Waals surface area contributed by atoms with E-state index < -0.39 is 30.3 Å². The fourth-order valence-corrected chi connectivity index (χ4v) is 1.03. The van der Waals surface area contributed by atoms with Crippen molar-refractivity contribution in [2.75, 3.05) is 0 Å². The van der Waals surface area contributed by atoms with Crippen molar-refractivity contribution in [2.24, 2.45) is 5.92 Å². The molecule has 4 heteroatoms. The van der Waals surface area contributed by atoms with Crippen LogP contribution in [0.3, 0.4) is 0 Å². The highest BCUT2D eigenvalue weighted by molar-refractivity contribution is 5.72. The molecule has 0 aliphatic carbocycles. The van der Waals surface area contributed by atoms with Gasteiger partial charge in [0.2, 0.25) is 6.43 Å². The molecule has 0 saturated carbocycles. The zero-order chi connectivity index (χ0) is 11.4. The van der Waals surface area contributed by atoms with Gasteiger partial charge in [0.05, 0.1) is 5.92 Å². The highest BCUT2D eigenvalue weighted by atomic mass is 19.3. The fraction of sp³-hybridized carbons (Fsp3) is 0.900. The third kappa shape index (κ3) is 5.89. The number of hydrogen-bond acceptors (Lipinski definition) is 2. The van der Waals surface area contributed by atoms with Gasteiger partial charge in [0.15, 0.2) is 0 Å². The molecule has 0 aromatic carbocycles. The standard InChI is InChI=1S/C10H18F2O2/c1-5-7(6-8(11)12)9(13)14-10(2,3)4/h7-8H,5-6H2,1-4H3. The Morgan fingerprint density at radius 3 is 2.14 bits per heavy atom. The summed E-state index contributed by atoms with van der Waals surface area (Å²) in [6, 6.07) is 0. The van der Waals surface area contributed by atoms with Crippen LogP contribution in [0, 0.1) is 5.92 Å². The molecule has 0 amide bonds. The van der Waals surface area contributed by atoms with E-state index in [1.165, 1.54) is 0 Å². The van der Waals surface area contributed by atoms with Gasteiger partial charge < -0.3 is 4.74 Å². The Morgan fingerprint density at radius 1 is 1.36 bits per heavy atom. The first-order valence-corrected chi connectivity index (χ1v) is 4.77. The van der Waals surface area contributed by atoms with Gasteiger partial charge in [0.25, 0.3) is 0 Å². The minimum atomic E-state index is -2.45. The summed E-state index contributed by atoms with van der Waals surface area (Å²) in [6.45, 7) is 6.87. The summed E-state index contributed by atoms with van der Waals surface area (Å²) < 4.78 is 29.1. The number of carbonyl (C=O) groups excluding carboxylic acids is 1. The van der Waals surface area contributed by atoms with E-state index in [0.717, 1.165) is 0 Å². The van der Waals surface area contributed by atoms with Crippen molar-refractivity contribution in [2.45, 2.75) is 52.6 Å². The highest BCUT2D eigenvalue weighted by Crippen LogP contribution is 2.19. The lowest BCUT2D eigenvalue weighted by Gasteiger charge is -2.23. The fourth-order valence-electron chi connectivity index (χ4n) is 1.03. The van der Waals surface area contributed by atoms with Gasteiger partial charge in [-0.3, -0.25) is 4.79 Å². The van der Waals surface area contributed by atoms with Gasteiger partial charge in [-0.05, 0) is 27.2 Å². The van der Waals surface area contributed by atoms with E-state index in [9.17, 15) is 13.6 Å². The summed E-state index contributed by atoms with van der Waals surface area (Å²) in [7, 11) is 0. The van der Waals surface area contributed by atoms with Crippen LogP contribution in [0.4, 0.5) is 8.78 Å². The topological polar surface area (TPSA) is 26.3 Å². The second-order valence-corrected chi connectivity index (χ2v) is 4.27. The number of hydrogen-bond donors (Lipinski definition) is 0. The lowest BCUT2D eigenvalue weighted by atomic mass is 10.0. The minimum Gasteiger partial charge on any atom is -0.460 e. The van der Waals surface area contributed by atoms with E-state index in [1.54, 1.807) is 27.7 Å². The zero-order valence-corrected chi connectivity index (χ0v) is 9.14. The Labute approximate surface area is 83.6 Å². The molecule has 0 heterocycles. The SMILES string of the molecule is CCC(CC(F)F)C(=O)OC(C)(C)C. The molecule has 0 saturated heterocycles. The normalized spacial score (nSPS) is 14.2. The van der Waals surface area contributed by atoms with Crippen LogP contribution in [0.25, 0.3) is 0 Å². The minimum absolute atomic E-state index is 0.388. The van der Waals surface area contributed by atoms with Crippen molar-refractivity contribution >= 4 is 5.97 Å². The molecular weight excluding hydrogens is 190 g/mol. The zero-order valence-electron chi connectivity index (χ0n) is 9.14. The Hall–Kier alpha value is -0.670. The summed E-state index contributed by atoms with van der Waals surface area (Å²) >= 11 is 0. The van der Waals surface area contributed by atoms with Crippen molar-refractivity contribution in [1.82, 2.24) is 0 Å². The summed E-state index contributed by atoms with van der Waals surface area (Å²) in [6.07, 6.45) is -2.47. The predicted octanol–water partition coefficient (Wildman–Crippen LogP) is 3.01. The number of ether oxygens (including phenoxy) is 1. The molecule has 1 unspecified atom stereocenters. The molecule has 0 aromatic rings. The number of alkyl halides is 2. The van der Waals surface area contributed by atoms with Crippen LogP contribution >= 0.6 is 0 Å². The molecule has 0 rings (SSSR count). The lowest BCUT2D eigenvalue weighted by Crippen LogP contribution is -2.29. The van der Waals surface area contributed by atoms with Crippen LogP contribution < -0.4 is 0 Å². The smallest absolute Gasteiger partial charge is 0.309 e. The van der Waals surface area contributed by atoms with E-state index in [1.807, 2.05) is 0 Å². The van der Waals surface area contributed by atoms with Crippen molar-refractivity contribution in [3.63, 3.8) is 0 Å². The first kappa shape index (κ1) is 13.3. The molecular formula is C10H18F2O2. The predicted molar refractivity (Wildman–Crippen MR) is 50.2 cm³/mol. The summed E-state index contributed by atoms with van der Waals surface area (Å²) in [5, 5.41) is 0. The monoisotopic (exact) mass is 208 g/mol. The molecule has 0 fully saturated rings. The average molecular weight is 208 g/mol. The molecule has 1 atom stereocenters. The van der Waals surface area contributed by atoms with Gasteiger partial charge in [0, 0.05) is 6.42 Å². The molecule has 0 aliphatic heterocycles. The van der Waals surface area contributed by atoms with Gasteiger partial charge in [-0.15, -0.1) is 0 Å². The highest BCUT2D eigenvalue weighted by Gasteiger charge is 2.26. The van der Waals surface area contributed by atoms with Crippen molar-refractivity contribution < 1.29 is 18.3 Å². The maximum atomic E-state index is 12.1. The van der Waals surface area contributed by atoms with Crippen LogP contribution in [0.5, 0.6) is 0 Å². The first-order valence-electron chi connectivity index (χ1n) is 4.77. The van der Waals surface area contributed by atoms with Crippen LogP contribution in [-0.4, -0.2) is 18.0 Å². The van der Waals surface area contributed by atoms with E-state index in [4.69, 9.17) is 4.74 Å². The Morgan fingerprint density at radius 2 is 1.86 bits per heavy atom. The third-order valence-corrected chi connectivity index (χ3v) is 1.70. The van der Waals surface area contributed by atoms with E-state index in [2.05, 4.69) is 0 Å². The molecule has 0 spiro atoms.